The van der Waals surface area contributed by atoms with Crippen molar-refractivity contribution in [3.8, 4) is 5.75 Å². The van der Waals surface area contributed by atoms with Crippen LogP contribution in [0.5, 0.6) is 5.75 Å². The largest absolute Gasteiger partial charge is 0.497 e. The molecule has 1 aliphatic carbocycles. The number of hydrogen-bond acceptors (Lipinski definition) is 4. The first kappa shape index (κ1) is 26.3. The molecule has 5 rings (SSSR count). The Morgan fingerprint density at radius 1 is 0.816 bits per heavy atom. The second-order valence-electron chi connectivity index (χ2n) is 11.1. The fraction of sp³-hybridized carbons (Fsp3) is 0.516. The van der Waals surface area contributed by atoms with Crippen LogP contribution >= 0.6 is 0 Å². The molecule has 7 heteroatoms. The smallest absolute Gasteiger partial charge is 0.253 e. The Balaban J connectivity index is 1.34. The molecule has 2 atom stereocenters. The molecule has 0 N–H and O–H groups in total. The average Bonchev–Trinajstić information content (AvgIpc) is 3.82. The number of carbonyl (C=O) groups excluding carboxylic acids is 3. The third kappa shape index (κ3) is 5.57. The molecule has 0 unspecified atom stereocenters. The molecule has 3 aliphatic rings. The summed E-state index contributed by atoms with van der Waals surface area (Å²) in [5.74, 6) is 1.65. The van der Waals surface area contributed by atoms with Crippen molar-refractivity contribution in [3.63, 3.8) is 0 Å². The normalized spacial score (nSPS) is 22.2. The molecular formula is C31H39N3O4. The molecule has 1 saturated carbocycles. The lowest BCUT2D eigenvalue weighted by atomic mass is 9.83. The number of hydrogen-bond donors (Lipinski definition) is 0. The van der Waals surface area contributed by atoms with E-state index in [-0.39, 0.29) is 35.6 Å². The van der Waals surface area contributed by atoms with Gasteiger partial charge in [-0.3, -0.25) is 14.4 Å². The Kier molecular flexibility index (Phi) is 7.73. The zero-order chi connectivity index (χ0) is 26.8. The van der Waals surface area contributed by atoms with Gasteiger partial charge in [0.25, 0.3) is 5.91 Å². The highest BCUT2D eigenvalue weighted by Crippen LogP contribution is 2.41. The van der Waals surface area contributed by atoms with Crippen LogP contribution in [0.4, 0.5) is 0 Å². The number of likely N-dealkylation sites (tertiary alicyclic amines) is 2. The van der Waals surface area contributed by atoms with Crippen molar-refractivity contribution in [1.82, 2.24) is 14.7 Å². The maximum Gasteiger partial charge on any atom is 0.253 e. The fourth-order valence-electron chi connectivity index (χ4n) is 6.15. The molecule has 7 nitrogen and oxygen atoms in total. The SMILES string of the molecule is COc1ccc(C(=O)N(C)[C@@H]2CCN(C(=O)C3CCN(C(C)=O)CC3)C[C@H]2c2ccc(C3CC3)cc2)cc1. The first-order chi connectivity index (χ1) is 18.4. The van der Waals surface area contributed by atoms with E-state index in [1.165, 1.54) is 24.0 Å². The van der Waals surface area contributed by atoms with E-state index in [0.717, 1.165) is 25.0 Å². The van der Waals surface area contributed by atoms with E-state index < -0.39 is 0 Å². The second kappa shape index (κ2) is 11.2. The van der Waals surface area contributed by atoms with E-state index in [4.69, 9.17) is 4.74 Å². The van der Waals surface area contributed by atoms with Crippen LogP contribution in [0, 0.1) is 5.92 Å². The first-order valence-corrected chi connectivity index (χ1v) is 13.9. The number of carbonyl (C=O) groups is 3. The molecule has 0 spiro atoms. The predicted octanol–water partition coefficient (Wildman–Crippen LogP) is 4.29. The van der Waals surface area contributed by atoms with Gasteiger partial charge in [-0.15, -0.1) is 0 Å². The van der Waals surface area contributed by atoms with Gasteiger partial charge in [0.15, 0.2) is 0 Å². The molecule has 2 aromatic rings. The molecule has 2 aromatic carbocycles. The van der Waals surface area contributed by atoms with Crippen LogP contribution in [0.15, 0.2) is 48.5 Å². The van der Waals surface area contributed by atoms with E-state index in [2.05, 4.69) is 24.3 Å². The number of ether oxygens (including phenoxy) is 1. The third-order valence-electron chi connectivity index (χ3n) is 8.75. The van der Waals surface area contributed by atoms with E-state index in [0.29, 0.717) is 37.7 Å². The summed E-state index contributed by atoms with van der Waals surface area (Å²) in [6.45, 7) is 4.11. The van der Waals surface area contributed by atoms with Gasteiger partial charge in [0.2, 0.25) is 11.8 Å². The summed E-state index contributed by atoms with van der Waals surface area (Å²) in [6, 6.07) is 16.1. The van der Waals surface area contributed by atoms with Gasteiger partial charge in [-0.25, -0.2) is 0 Å². The van der Waals surface area contributed by atoms with Crippen molar-refractivity contribution in [2.45, 2.75) is 56.9 Å². The molecule has 0 aromatic heterocycles. The Morgan fingerprint density at radius 3 is 2.00 bits per heavy atom. The lowest BCUT2D eigenvalue weighted by molar-refractivity contribution is -0.141. The summed E-state index contributed by atoms with van der Waals surface area (Å²) in [5, 5.41) is 0. The molecule has 38 heavy (non-hydrogen) atoms. The van der Waals surface area contributed by atoms with E-state index in [1.807, 2.05) is 46.0 Å². The minimum absolute atomic E-state index is 0.0139. The fourth-order valence-corrected chi connectivity index (χ4v) is 6.15. The number of likely N-dealkylation sites (N-methyl/N-ethyl adjacent to an activating group) is 1. The monoisotopic (exact) mass is 517 g/mol. The van der Waals surface area contributed by atoms with Crippen molar-refractivity contribution in [2.24, 2.45) is 5.92 Å². The molecular weight excluding hydrogens is 478 g/mol. The number of benzene rings is 2. The van der Waals surface area contributed by atoms with Gasteiger partial charge in [0.05, 0.1) is 7.11 Å². The van der Waals surface area contributed by atoms with Gasteiger partial charge in [-0.1, -0.05) is 24.3 Å². The third-order valence-corrected chi connectivity index (χ3v) is 8.75. The summed E-state index contributed by atoms with van der Waals surface area (Å²) in [6.07, 6.45) is 4.68. The lowest BCUT2D eigenvalue weighted by Gasteiger charge is -2.44. The zero-order valence-corrected chi connectivity index (χ0v) is 22.8. The van der Waals surface area contributed by atoms with Crippen LogP contribution in [-0.2, 0) is 9.59 Å². The van der Waals surface area contributed by atoms with Crippen LogP contribution in [-0.4, -0.2) is 78.8 Å². The van der Waals surface area contributed by atoms with Crippen LogP contribution in [0.2, 0.25) is 0 Å². The molecule has 3 fully saturated rings. The maximum absolute atomic E-state index is 13.6. The first-order valence-electron chi connectivity index (χ1n) is 13.9. The quantitative estimate of drug-likeness (QED) is 0.573. The van der Waals surface area contributed by atoms with Gasteiger partial charge in [0.1, 0.15) is 5.75 Å². The highest BCUT2D eigenvalue weighted by molar-refractivity contribution is 5.94. The minimum atomic E-state index is -0.0429. The molecule has 2 heterocycles. The second-order valence-corrected chi connectivity index (χ2v) is 11.1. The van der Waals surface area contributed by atoms with Crippen molar-refractivity contribution < 1.29 is 19.1 Å². The van der Waals surface area contributed by atoms with Gasteiger partial charge in [-0.2, -0.15) is 0 Å². The standard InChI is InChI=1S/C31H39N3O4/c1-21(35)33-17-14-26(15-18-33)31(37)34-19-16-29(32(2)30(36)25-10-12-27(38-3)13-11-25)28(20-34)24-8-6-23(7-9-24)22-4-5-22/h6-13,22,26,28-29H,4-5,14-20H2,1-3H3/t28-,29+/m0/s1. The van der Waals surface area contributed by atoms with Gasteiger partial charge >= 0.3 is 0 Å². The number of nitrogens with zero attached hydrogens (tertiary/aromatic N) is 3. The topological polar surface area (TPSA) is 70.2 Å². The van der Waals surface area contributed by atoms with Crippen LogP contribution in [0.3, 0.4) is 0 Å². The Labute approximate surface area is 225 Å². The summed E-state index contributed by atoms with van der Waals surface area (Å²) in [7, 11) is 3.50. The summed E-state index contributed by atoms with van der Waals surface area (Å²) < 4.78 is 5.25. The molecule has 2 aliphatic heterocycles. The van der Waals surface area contributed by atoms with Gasteiger partial charge < -0.3 is 19.4 Å². The van der Waals surface area contributed by atoms with Crippen LogP contribution in [0.25, 0.3) is 0 Å². The Hall–Kier alpha value is -3.35. The van der Waals surface area contributed by atoms with Crippen molar-refractivity contribution in [1.29, 1.82) is 0 Å². The van der Waals surface area contributed by atoms with Crippen LogP contribution in [0.1, 0.15) is 72.3 Å². The highest BCUT2D eigenvalue weighted by Gasteiger charge is 2.39. The number of methoxy groups -OCH3 is 1. The van der Waals surface area contributed by atoms with Crippen molar-refractivity contribution in [2.75, 3.05) is 40.3 Å². The highest BCUT2D eigenvalue weighted by atomic mass is 16.5. The van der Waals surface area contributed by atoms with Crippen molar-refractivity contribution in [3.05, 3.63) is 65.2 Å². The number of amides is 3. The number of rotatable bonds is 6. The summed E-state index contributed by atoms with van der Waals surface area (Å²) >= 11 is 0. The molecule has 0 bridgehead atoms. The number of piperidine rings is 2. The molecule has 2 saturated heterocycles. The minimum Gasteiger partial charge on any atom is -0.497 e. The van der Waals surface area contributed by atoms with Crippen molar-refractivity contribution >= 4 is 17.7 Å². The van der Waals surface area contributed by atoms with Gasteiger partial charge in [-0.05, 0) is 73.4 Å². The molecule has 3 amide bonds. The van der Waals surface area contributed by atoms with Crippen LogP contribution < -0.4 is 4.74 Å². The van der Waals surface area contributed by atoms with E-state index >= 15 is 0 Å². The van der Waals surface area contributed by atoms with Gasteiger partial charge in [0, 0.05) is 63.6 Å². The molecule has 0 radical (unpaired) electrons. The van der Waals surface area contributed by atoms with E-state index in [9.17, 15) is 14.4 Å². The van der Waals surface area contributed by atoms with E-state index in [1.54, 1.807) is 14.0 Å². The predicted molar refractivity (Wildman–Crippen MR) is 146 cm³/mol. The maximum atomic E-state index is 13.6. The Bertz CT molecular complexity index is 1150. The zero-order valence-electron chi connectivity index (χ0n) is 22.8. The summed E-state index contributed by atoms with van der Waals surface area (Å²) in [5.41, 5.74) is 3.19. The Morgan fingerprint density at radius 2 is 1.42 bits per heavy atom. The lowest BCUT2D eigenvalue weighted by Crippen LogP contribution is -2.53. The molecule has 202 valence electrons. The summed E-state index contributed by atoms with van der Waals surface area (Å²) in [4.78, 5) is 44.5. The average molecular weight is 518 g/mol.